The van der Waals surface area contributed by atoms with Gasteiger partial charge < -0.3 is 5.32 Å². The van der Waals surface area contributed by atoms with Gasteiger partial charge in [-0.3, -0.25) is 4.79 Å². The fourth-order valence-electron chi connectivity index (χ4n) is 1.15. The van der Waals surface area contributed by atoms with Gasteiger partial charge in [-0.2, -0.15) is 0 Å². The normalized spacial score (nSPS) is 9.19. The lowest BCUT2D eigenvalue weighted by atomic mass is 10.2. The first kappa shape index (κ1) is 12.9. The van der Waals surface area contributed by atoms with Crippen LogP contribution in [0.1, 0.15) is 23.7 Å². The number of halogens is 2. The van der Waals surface area contributed by atoms with E-state index in [2.05, 4.69) is 17.2 Å². The molecular weight excluding hydrogens is 245 g/mol. The monoisotopic (exact) mass is 255 g/mol. The van der Waals surface area contributed by atoms with Gasteiger partial charge in [0.1, 0.15) is 0 Å². The predicted molar refractivity (Wildman–Crippen MR) is 66.9 cm³/mol. The zero-order valence-electron chi connectivity index (χ0n) is 8.81. The number of carbonyl (C=O) groups is 1. The van der Waals surface area contributed by atoms with Crippen LogP contribution in [-0.4, -0.2) is 12.5 Å². The molecule has 0 aliphatic carbocycles. The Labute approximate surface area is 105 Å². The van der Waals surface area contributed by atoms with Crippen molar-refractivity contribution in [3.05, 3.63) is 33.8 Å². The highest BCUT2D eigenvalue weighted by Crippen LogP contribution is 2.18. The molecule has 84 valence electrons. The SMILES string of the molecule is CC#CCCNC(=O)c1cc(Cl)cc(Cl)c1. The summed E-state index contributed by atoms with van der Waals surface area (Å²) in [5.74, 6) is 5.42. The second-order valence-corrected chi connectivity index (χ2v) is 3.96. The lowest BCUT2D eigenvalue weighted by Gasteiger charge is -2.04. The van der Waals surface area contributed by atoms with Crippen LogP contribution in [0.5, 0.6) is 0 Å². The zero-order chi connectivity index (χ0) is 12.0. The molecule has 0 atom stereocenters. The largest absolute Gasteiger partial charge is 0.351 e. The summed E-state index contributed by atoms with van der Waals surface area (Å²) in [6, 6.07) is 4.74. The van der Waals surface area contributed by atoms with E-state index in [-0.39, 0.29) is 5.91 Å². The molecule has 16 heavy (non-hydrogen) atoms. The van der Waals surface area contributed by atoms with E-state index in [1.165, 1.54) is 0 Å². The third kappa shape index (κ3) is 4.14. The first-order valence-corrected chi connectivity index (χ1v) is 5.53. The fourth-order valence-corrected chi connectivity index (χ4v) is 1.68. The van der Waals surface area contributed by atoms with E-state index in [0.717, 1.165) is 0 Å². The smallest absolute Gasteiger partial charge is 0.251 e. The Morgan fingerprint density at radius 1 is 1.31 bits per heavy atom. The molecule has 1 aromatic rings. The minimum Gasteiger partial charge on any atom is -0.351 e. The Morgan fingerprint density at radius 3 is 2.50 bits per heavy atom. The maximum absolute atomic E-state index is 11.6. The second kappa shape index (κ2) is 6.42. The third-order valence-corrected chi connectivity index (χ3v) is 2.27. The van der Waals surface area contributed by atoms with Gasteiger partial charge in [0, 0.05) is 28.6 Å². The van der Waals surface area contributed by atoms with Crippen LogP contribution in [0, 0.1) is 11.8 Å². The molecule has 0 aromatic heterocycles. The minimum atomic E-state index is -0.192. The van der Waals surface area contributed by atoms with Crippen LogP contribution in [-0.2, 0) is 0 Å². The average molecular weight is 256 g/mol. The van der Waals surface area contributed by atoms with Crippen LogP contribution in [0.3, 0.4) is 0 Å². The molecule has 0 saturated heterocycles. The van der Waals surface area contributed by atoms with E-state index in [0.29, 0.717) is 28.6 Å². The van der Waals surface area contributed by atoms with E-state index in [1.54, 1.807) is 25.1 Å². The first-order valence-electron chi connectivity index (χ1n) is 4.77. The summed E-state index contributed by atoms with van der Waals surface area (Å²) in [4.78, 5) is 11.6. The van der Waals surface area contributed by atoms with Crippen LogP contribution < -0.4 is 5.32 Å². The molecule has 0 bridgehead atoms. The van der Waals surface area contributed by atoms with Crippen molar-refractivity contribution in [1.29, 1.82) is 0 Å². The molecule has 0 radical (unpaired) electrons. The van der Waals surface area contributed by atoms with Crippen LogP contribution >= 0.6 is 23.2 Å². The Kier molecular flexibility index (Phi) is 5.18. The summed E-state index contributed by atoms with van der Waals surface area (Å²) in [6.45, 7) is 2.28. The van der Waals surface area contributed by atoms with Crippen molar-refractivity contribution in [1.82, 2.24) is 5.32 Å². The van der Waals surface area contributed by atoms with Gasteiger partial charge >= 0.3 is 0 Å². The second-order valence-electron chi connectivity index (χ2n) is 3.09. The summed E-state index contributed by atoms with van der Waals surface area (Å²) in [5.41, 5.74) is 0.460. The molecule has 1 rings (SSSR count). The number of hydrogen-bond donors (Lipinski definition) is 1. The number of amides is 1. The minimum absolute atomic E-state index is 0.192. The summed E-state index contributed by atoms with van der Waals surface area (Å²) in [7, 11) is 0. The summed E-state index contributed by atoms with van der Waals surface area (Å²) >= 11 is 11.6. The van der Waals surface area contributed by atoms with Crippen molar-refractivity contribution in [2.24, 2.45) is 0 Å². The van der Waals surface area contributed by atoms with Crippen molar-refractivity contribution in [2.45, 2.75) is 13.3 Å². The van der Waals surface area contributed by atoms with Crippen molar-refractivity contribution < 1.29 is 4.79 Å². The Balaban J connectivity index is 2.61. The predicted octanol–water partition coefficient (Wildman–Crippen LogP) is 3.14. The van der Waals surface area contributed by atoms with Crippen LogP contribution in [0.4, 0.5) is 0 Å². The lowest BCUT2D eigenvalue weighted by molar-refractivity contribution is 0.0954. The summed E-state index contributed by atoms with van der Waals surface area (Å²) in [6.07, 6.45) is 0.635. The van der Waals surface area contributed by atoms with Gasteiger partial charge in [-0.05, 0) is 25.1 Å². The van der Waals surface area contributed by atoms with Crippen LogP contribution in [0.2, 0.25) is 10.0 Å². The van der Waals surface area contributed by atoms with Gasteiger partial charge in [-0.15, -0.1) is 11.8 Å². The topological polar surface area (TPSA) is 29.1 Å². The first-order chi connectivity index (χ1) is 7.63. The molecule has 0 aliphatic heterocycles. The maximum Gasteiger partial charge on any atom is 0.251 e. The molecule has 0 saturated carbocycles. The molecule has 0 heterocycles. The highest BCUT2D eigenvalue weighted by atomic mass is 35.5. The number of benzene rings is 1. The van der Waals surface area contributed by atoms with Gasteiger partial charge in [-0.25, -0.2) is 0 Å². The van der Waals surface area contributed by atoms with Gasteiger partial charge in [0.15, 0.2) is 0 Å². The molecule has 0 unspecified atom stereocenters. The van der Waals surface area contributed by atoms with Crippen LogP contribution in [0.25, 0.3) is 0 Å². The van der Waals surface area contributed by atoms with Crippen molar-refractivity contribution in [3.8, 4) is 11.8 Å². The lowest BCUT2D eigenvalue weighted by Crippen LogP contribution is -2.24. The maximum atomic E-state index is 11.6. The molecule has 0 spiro atoms. The molecule has 0 aliphatic rings. The molecule has 1 N–H and O–H groups in total. The quantitative estimate of drug-likeness (QED) is 0.653. The fraction of sp³-hybridized carbons (Fsp3) is 0.250. The Morgan fingerprint density at radius 2 is 1.94 bits per heavy atom. The molecular formula is C12H11Cl2NO. The van der Waals surface area contributed by atoms with Crippen molar-refractivity contribution >= 4 is 29.1 Å². The highest BCUT2D eigenvalue weighted by molar-refractivity contribution is 6.35. The number of carbonyl (C=O) groups excluding carboxylic acids is 1. The molecule has 4 heteroatoms. The Hall–Kier alpha value is -1.17. The van der Waals surface area contributed by atoms with Crippen LogP contribution in [0.15, 0.2) is 18.2 Å². The van der Waals surface area contributed by atoms with E-state index in [9.17, 15) is 4.79 Å². The zero-order valence-corrected chi connectivity index (χ0v) is 10.3. The summed E-state index contributed by atoms with van der Waals surface area (Å²) < 4.78 is 0. The van der Waals surface area contributed by atoms with Crippen molar-refractivity contribution in [3.63, 3.8) is 0 Å². The third-order valence-electron chi connectivity index (χ3n) is 1.84. The molecule has 2 nitrogen and oxygen atoms in total. The van der Waals surface area contributed by atoms with Crippen molar-refractivity contribution in [2.75, 3.05) is 6.54 Å². The van der Waals surface area contributed by atoms with Gasteiger partial charge in [-0.1, -0.05) is 23.2 Å². The molecule has 0 fully saturated rings. The van der Waals surface area contributed by atoms with Gasteiger partial charge in [0.2, 0.25) is 0 Å². The van der Waals surface area contributed by atoms with Gasteiger partial charge in [0.05, 0.1) is 0 Å². The molecule has 1 amide bonds. The summed E-state index contributed by atoms with van der Waals surface area (Å²) in [5, 5.41) is 3.63. The number of nitrogens with one attached hydrogen (secondary N) is 1. The standard InChI is InChI=1S/C12H11Cl2NO/c1-2-3-4-5-15-12(16)9-6-10(13)8-11(14)7-9/h6-8H,4-5H2,1H3,(H,15,16). The number of hydrogen-bond acceptors (Lipinski definition) is 1. The van der Waals surface area contributed by atoms with E-state index >= 15 is 0 Å². The molecule has 1 aromatic carbocycles. The number of rotatable bonds is 3. The van der Waals surface area contributed by atoms with E-state index in [1.807, 2.05) is 0 Å². The van der Waals surface area contributed by atoms with E-state index < -0.39 is 0 Å². The Bertz CT molecular complexity index is 426. The van der Waals surface area contributed by atoms with E-state index in [4.69, 9.17) is 23.2 Å². The highest BCUT2D eigenvalue weighted by Gasteiger charge is 2.06. The van der Waals surface area contributed by atoms with Gasteiger partial charge in [0.25, 0.3) is 5.91 Å². The average Bonchev–Trinajstić information content (AvgIpc) is 2.22.